The number of carbonyl (C=O) groups is 1. The number of nitrogens with zero attached hydrogens (tertiary/aromatic N) is 1. The SMILES string of the molecule is CC1CCCC(N(C)C2(CC(=O)O)CNC2)C1. The van der Waals surface area contributed by atoms with Crippen LogP contribution in [0, 0.1) is 5.92 Å². The Morgan fingerprint density at radius 3 is 2.65 bits per heavy atom. The Morgan fingerprint density at radius 2 is 2.18 bits per heavy atom. The standard InChI is InChI=1S/C13H24N2O2/c1-10-4-3-5-11(6-10)15(2)13(7-12(16)17)8-14-9-13/h10-11,14H,3-9H2,1-2H3,(H,16,17). The van der Waals surface area contributed by atoms with E-state index < -0.39 is 5.97 Å². The molecule has 0 amide bonds. The fourth-order valence-corrected chi connectivity index (χ4v) is 3.34. The predicted molar refractivity (Wildman–Crippen MR) is 67.0 cm³/mol. The van der Waals surface area contributed by atoms with Crippen molar-refractivity contribution in [1.29, 1.82) is 0 Å². The minimum Gasteiger partial charge on any atom is -0.481 e. The van der Waals surface area contributed by atoms with E-state index in [1.165, 1.54) is 25.7 Å². The molecule has 0 aromatic carbocycles. The maximum Gasteiger partial charge on any atom is 0.305 e. The fourth-order valence-electron chi connectivity index (χ4n) is 3.34. The molecule has 4 nitrogen and oxygen atoms in total. The highest BCUT2D eigenvalue weighted by molar-refractivity contribution is 5.68. The molecule has 1 heterocycles. The highest BCUT2D eigenvalue weighted by Gasteiger charge is 2.45. The lowest BCUT2D eigenvalue weighted by molar-refractivity contribution is -0.142. The molecule has 17 heavy (non-hydrogen) atoms. The van der Waals surface area contributed by atoms with Gasteiger partial charge in [0.15, 0.2) is 0 Å². The highest BCUT2D eigenvalue weighted by Crippen LogP contribution is 2.33. The van der Waals surface area contributed by atoms with Gasteiger partial charge in [0, 0.05) is 19.1 Å². The summed E-state index contributed by atoms with van der Waals surface area (Å²) < 4.78 is 0. The molecule has 1 saturated carbocycles. The average molecular weight is 240 g/mol. The number of carboxylic acid groups (broad SMARTS) is 1. The molecule has 98 valence electrons. The molecule has 0 aromatic heterocycles. The van der Waals surface area contributed by atoms with Crippen LogP contribution in [-0.2, 0) is 4.79 Å². The Morgan fingerprint density at radius 1 is 1.47 bits per heavy atom. The third kappa shape index (κ3) is 2.63. The van der Waals surface area contributed by atoms with Crippen molar-refractivity contribution in [2.24, 2.45) is 5.92 Å². The molecule has 4 heteroatoms. The van der Waals surface area contributed by atoms with Gasteiger partial charge in [-0.05, 0) is 25.8 Å². The van der Waals surface area contributed by atoms with Crippen LogP contribution in [-0.4, -0.2) is 47.7 Å². The van der Waals surface area contributed by atoms with Crippen LogP contribution >= 0.6 is 0 Å². The summed E-state index contributed by atoms with van der Waals surface area (Å²) in [4.78, 5) is 13.4. The molecule has 2 aliphatic rings. The summed E-state index contributed by atoms with van der Waals surface area (Å²) in [6.07, 6.45) is 5.32. The number of likely N-dealkylation sites (N-methyl/N-ethyl adjacent to an activating group) is 1. The van der Waals surface area contributed by atoms with Gasteiger partial charge in [-0.3, -0.25) is 9.69 Å². The lowest BCUT2D eigenvalue weighted by Crippen LogP contribution is -2.70. The Hall–Kier alpha value is -0.610. The zero-order valence-corrected chi connectivity index (χ0v) is 10.9. The van der Waals surface area contributed by atoms with Gasteiger partial charge >= 0.3 is 5.97 Å². The zero-order chi connectivity index (χ0) is 12.5. The minimum atomic E-state index is -0.679. The quantitative estimate of drug-likeness (QED) is 0.778. The van der Waals surface area contributed by atoms with Gasteiger partial charge < -0.3 is 10.4 Å². The summed E-state index contributed by atoms with van der Waals surface area (Å²) in [7, 11) is 2.12. The summed E-state index contributed by atoms with van der Waals surface area (Å²) in [5.74, 6) is 0.105. The first-order valence-corrected chi connectivity index (χ1v) is 6.69. The molecule has 2 unspecified atom stereocenters. The van der Waals surface area contributed by atoms with Crippen LogP contribution in [0.4, 0.5) is 0 Å². The molecule has 0 bridgehead atoms. The summed E-state index contributed by atoms with van der Waals surface area (Å²) >= 11 is 0. The highest BCUT2D eigenvalue weighted by atomic mass is 16.4. The topological polar surface area (TPSA) is 52.6 Å². The first-order chi connectivity index (χ1) is 8.03. The van der Waals surface area contributed by atoms with Crippen molar-refractivity contribution in [3.63, 3.8) is 0 Å². The molecule has 1 saturated heterocycles. The van der Waals surface area contributed by atoms with Crippen LogP contribution in [0.15, 0.2) is 0 Å². The van der Waals surface area contributed by atoms with E-state index in [0.717, 1.165) is 19.0 Å². The van der Waals surface area contributed by atoms with Crippen LogP contribution in [0.3, 0.4) is 0 Å². The zero-order valence-electron chi connectivity index (χ0n) is 10.9. The molecular formula is C13H24N2O2. The number of carboxylic acids is 1. The maximum atomic E-state index is 11.0. The van der Waals surface area contributed by atoms with Gasteiger partial charge in [-0.25, -0.2) is 0 Å². The van der Waals surface area contributed by atoms with Gasteiger partial charge in [0.1, 0.15) is 0 Å². The Labute approximate surface area is 103 Å². The van der Waals surface area contributed by atoms with Gasteiger partial charge in [0.05, 0.1) is 12.0 Å². The van der Waals surface area contributed by atoms with Crippen molar-refractivity contribution in [2.45, 2.75) is 50.6 Å². The molecule has 0 aromatic rings. The van der Waals surface area contributed by atoms with Crippen LogP contribution < -0.4 is 5.32 Å². The Kier molecular flexibility index (Phi) is 3.73. The molecule has 2 N–H and O–H groups in total. The molecule has 2 fully saturated rings. The second kappa shape index (κ2) is 4.94. The molecule has 0 radical (unpaired) electrons. The molecule has 1 aliphatic heterocycles. The van der Waals surface area contributed by atoms with E-state index in [0.29, 0.717) is 6.04 Å². The Balaban J connectivity index is 2.01. The van der Waals surface area contributed by atoms with E-state index in [9.17, 15) is 4.79 Å². The number of hydrogen-bond donors (Lipinski definition) is 2. The lowest BCUT2D eigenvalue weighted by atomic mass is 9.80. The van der Waals surface area contributed by atoms with Crippen LogP contribution in [0.25, 0.3) is 0 Å². The first kappa shape index (κ1) is 12.8. The molecule has 1 aliphatic carbocycles. The largest absolute Gasteiger partial charge is 0.481 e. The van der Waals surface area contributed by atoms with Crippen molar-refractivity contribution in [1.82, 2.24) is 10.2 Å². The normalized spacial score (nSPS) is 32.2. The van der Waals surface area contributed by atoms with Crippen LogP contribution in [0.5, 0.6) is 0 Å². The predicted octanol–water partition coefficient (Wildman–Crippen LogP) is 1.31. The molecule has 0 spiro atoms. The van der Waals surface area contributed by atoms with E-state index >= 15 is 0 Å². The number of nitrogens with one attached hydrogen (secondary N) is 1. The molecular weight excluding hydrogens is 216 g/mol. The summed E-state index contributed by atoms with van der Waals surface area (Å²) in [6.45, 7) is 3.95. The van der Waals surface area contributed by atoms with Gasteiger partial charge in [-0.2, -0.15) is 0 Å². The van der Waals surface area contributed by atoms with Crippen molar-refractivity contribution >= 4 is 5.97 Å². The second-order valence-corrected chi connectivity index (χ2v) is 5.93. The smallest absolute Gasteiger partial charge is 0.305 e. The van der Waals surface area contributed by atoms with E-state index in [4.69, 9.17) is 5.11 Å². The van der Waals surface area contributed by atoms with Crippen LogP contribution in [0.2, 0.25) is 0 Å². The van der Waals surface area contributed by atoms with Crippen molar-refractivity contribution in [3.8, 4) is 0 Å². The second-order valence-electron chi connectivity index (χ2n) is 5.93. The average Bonchev–Trinajstić information content (AvgIpc) is 2.22. The first-order valence-electron chi connectivity index (χ1n) is 6.69. The summed E-state index contributed by atoms with van der Waals surface area (Å²) in [5, 5.41) is 12.3. The van der Waals surface area contributed by atoms with Gasteiger partial charge in [-0.1, -0.05) is 19.8 Å². The lowest BCUT2D eigenvalue weighted by Gasteiger charge is -2.52. The Bertz CT molecular complexity index is 289. The minimum absolute atomic E-state index is 0.131. The van der Waals surface area contributed by atoms with E-state index in [1.807, 2.05) is 0 Å². The summed E-state index contributed by atoms with van der Waals surface area (Å²) in [6, 6.07) is 0.570. The number of hydrogen-bond acceptors (Lipinski definition) is 3. The molecule has 2 rings (SSSR count). The van der Waals surface area contributed by atoms with E-state index in [1.54, 1.807) is 0 Å². The van der Waals surface area contributed by atoms with Crippen molar-refractivity contribution in [2.75, 3.05) is 20.1 Å². The van der Waals surface area contributed by atoms with Gasteiger partial charge in [-0.15, -0.1) is 0 Å². The number of aliphatic carboxylic acids is 1. The maximum absolute atomic E-state index is 11.0. The van der Waals surface area contributed by atoms with Gasteiger partial charge in [0.2, 0.25) is 0 Å². The summed E-state index contributed by atoms with van der Waals surface area (Å²) in [5.41, 5.74) is -0.131. The van der Waals surface area contributed by atoms with Crippen LogP contribution in [0.1, 0.15) is 39.0 Å². The fraction of sp³-hybridized carbons (Fsp3) is 0.923. The van der Waals surface area contributed by atoms with Crippen molar-refractivity contribution in [3.05, 3.63) is 0 Å². The number of rotatable bonds is 4. The molecule has 2 atom stereocenters. The monoisotopic (exact) mass is 240 g/mol. The van der Waals surface area contributed by atoms with E-state index in [2.05, 4.69) is 24.2 Å². The van der Waals surface area contributed by atoms with E-state index in [-0.39, 0.29) is 12.0 Å². The van der Waals surface area contributed by atoms with Crippen molar-refractivity contribution < 1.29 is 9.90 Å². The third-order valence-electron chi connectivity index (χ3n) is 4.59. The third-order valence-corrected chi connectivity index (χ3v) is 4.59. The van der Waals surface area contributed by atoms with Gasteiger partial charge in [0.25, 0.3) is 0 Å².